The Kier molecular flexibility index (Phi) is 6.09. The molecule has 0 radical (unpaired) electrons. The van der Waals surface area contributed by atoms with Crippen LogP contribution in [0.25, 0.3) is 11.3 Å². The Morgan fingerprint density at radius 3 is 2.33 bits per heavy atom. The number of aryl methyl sites for hydroxylation is 1. The number of halogens is 3. The Bertz CT molecular complexity index is 1270. The fourth-order valence-corrected chi connectivity index (χ4v) is 3.08. The van der Waals surface area contributed by atoms with Gasteiger partial charge in [-0.3, -0.25) is 8.98 Å². The van der Waals surface area contributed by atoms with Gasteiger partial charge in [0, 0.05) is 11.1 Å². The summed E-state index contributed by atoms with van der Waals surface area (Å²) in [5.74, 6) is -2.53. The Balaban J connectivity index is 2.10. The fraction of sp³-hybridized carbons (Fsp3) is 0.200. The number of benzene rings is 2. The van der Waals surface area contributed by atoms with Crippen molar-refractivity contribution < 1.29 is 25.8 Å². The lowest BCUT2D eigenvalue weighted by Gasteiger charge is -2.12. The highest BCUT2D eigenvalue weighted by Crippen LogP contribution is 2.21. The molecule has 0 fully saturated rings. The van der Waals surface area contributed by atoms with Crippen LogP contribution in [-0.4, -0.2) is 24.5 Å². The van der Waals surface area contributed by atoms with Gasteiger partial charge in [0.2, 0.25) is 0 Å². The van der Waals surface area contributed by atoms with Crippen LogP contribution in [0.4, 0.5) is 13.2 Å². The highest BCUT2D eigenvalue weighted by atomic mass is 32.2. The van der Waals surface area contributed by atoms with Crippen molar-refractivity contribution in [2.45, 2.75) is 20.1 Å². The monoisotopic (exact) mass is 438 g/mol. The highest BCUT2D eigenvalue weighted by Gasteiger charge is 2.14. The van der Waals surface area contributed by atoms with Crippen molar-refractivity contribution in [3.05, 3.63) is 87.0 Å². The zero-order valence-electron chi connectivity index (χ0n) is 16.0. The van der Waals surface area contributed by atoms with Crippen LogP contribution in [0.15, 0.2) is 47.3 Å². The first kappa shape index (κ1) is 21.7. The molecule has 0 N–H and O–H groups in total. The molecule has 2 aromatic carbocycles. The van der Waals surface area contributed by atoms with Crippen LogP contribution >= 0.6 is 0 Å². The van der Waals surface area contributed by atoms with Crippen LogP contribution in [0, 0.1) is 24.4 Å². The largest absolute Gasteiger partial charge is 0.272 e. The molecule has 0 aliphatic rings. The minimum absolute atomic E-state index is 0.0185. The van der Waals surface area contributed by atoms with Gasteiger partial charge in [-0.15, -0.1) is 0 Å². The summed E-state index contributed by atoms with van der Waals surface area (Å²) in [5.41, 5.74) is 0.675. The minimum atomic E-state index is -3.82. The number of rotatable bonds is 6. The molecule has 10 heteroatoms. The van der Waals surface area contributed by atoms with Crippen molar-refractivity contribution in [2.24, 2.45) is 0 Å². The third-order valence-electron chi connectivity index (χ3n) is 4.25. The maximum absolute atomic E-state index is 13.6. The molecule has 3 aromatic rings. The second-order valence-corrected chi connectivity index (χ2v) is 8.34. The van der Waals surface area contributed by atoms with Gasteiger partial charge in [0.15, 0.2) is 11.6 Å². The molecule has 0 unspecified atom stereocenters. The summed E-state index contributed by atoms with van der Waals surface area (Å²) in [7, 11) is -3.82. The third kappa shape index (κ3) is 5.14. The molecule has 0 saturated heterocycles. The molecular formula is C20H17F3N2O4S. The van der Waals surface area contributed by atoms with Crippen molar-refractivity contribution in [2.75, 3.05) is 6.26 Å². The Morgan fingerprint density at radius 2 is 1.70 bits per heavy atom. The zero-order chi connectivity index (χ0) is 22.1. The molecule has 3 rings (SSSR count). The maximum Gasteiger partial charge on any atom is 0.272 e. The van der Waals surface area contributed by atoms with Gasteiger partial charge in [0.25, 0.3) is 15.7 Å². The van der Waals surface area contributed by atoms with E-state index < -0.39 is 39.7 Å². The van der Waals surface area contributed by atoms with Crippen molar-refractivity contribution in [1.82, 2.24) is 9.78 Å². The summed E-state index contributed by atoms with van der Waals surface area (Å²) in [4.78, 5) is 12.7. The molecular weight excluding hydrogens is 421 g/mol. The first-order valence-electron chi connectivity index (χ1n) is 8.69. The number of hydrogen-bond acceptors (Lipinski definition) is 5. The van der Waals surface area contributed by atoms with E-state index in [0.29, 0.717) is 11.1 Å². The summed E-state index contributed by atoms with van der Waals surface area (Å²) in [5, 5.41) is 4.23. The van der Waals surface area contributed by atoms with Crippen LogP contribution in [0.3, 0.4) is 0 Å². The first-order valence-corrected chi connectivity index (χ1v) is 10.5. The average Bonchev–Trinajstić information content (AvgIpc) is 2.67. The van der Waals surface area contributed by atoms with E-state index in [2.05, 4.69) is 5.10 Å². The SMILES string of the molecule is Cc1cc(-c2cc(COS(C)(=O)=O)c(=O)n(Cc3ccc(F)c(F)c3)n2)ccc1F. The fourth-order valence-electron chi connectivity index (χ4n) is 2.73. The molecule has 0 spiro atoms. The first-order chi connectivity index (χ1) is 14.0. The second-order valence-electron chi connectivity index (χ2n) is 6.70. The second kappa shape index (κ2) is 8.41. The Hall–Kier alpha value is -2.98. The Labute approximate surface area is 170 Å². The maximum atomic E-state index is 13.6. The summed E-state index contributed by atoms with van der Waals surface area (Å²) >= 11 is 0. The van der Waals surface area contributed by atoms with Gasteiger partial charge in [-0.25, -0.2) is 17.9 Å². The Morgan fingerprint density at radius 1 is 1.00 bits per heavy atom. The van der Waals surface area contributed by atoms with Gasteiger partial charge in [0.1, 0.15) is 5.82 Å². The van der Waals surface area contributed by atoms with Crippen molar-refractivity contribution in [3.63, 3.8) is 0 Å². The standard InChI is InChI=1S/C20H17F3N2O4S/c1-12-7-14(4-6-16(12)21)19-9-15(11-29-30(2,27)28)20(26)25(24-19)10-13-3-5-17(22)18(23)8-13/h3-9H,10-11H2,1-2H3. The third-order valence-corrected chi connectivity index (χ3v) is 4.79. The normalized spacial score (nSPS) is 11.6. The van der Waals surface area contributed by atoms with E-state index in [0.717, 1.165) is 23.1 Å². The molecule has 0 aliphatic carbocycles. The van der Waals surface area contributed by atoms with E-state index in [1.54, 1.807) is 6.92 Å². The molecule has 1 heterocycles. The molecule has 6 nitrogen and oxygen atoms in total. The molecule has 158 valence electrons. The van der Waals surface area contributed by atoms with Gasteiger partial charge in [-0.1, -0.05) is 6.07 Å². The van der Waals surface area contributed by atoms with Crippen LogP contribution in [0.5, 0.6) is 0 Å². The van der Waals surface area contributed by atoms with Crippen molar-refractivity contribution in [3.8, 4) is 11.3 Å². The van der Waals surface area contributed by atoms with Crippen LogP contribution in [-0.2, 0) is 27.5 Å². The summed E-state index contributed by atoms with van der Waals surface area (Å²) in [6.45, 7) is 0.824. The van der Waals surface area contributed by atoms with E-state index in [-0.39, 0.29) is 23.4 Å². The average molecular weight is 438 g/mol. The predicted molar refractivity (Wildman–Crippen MR) is 104 cm³/mol. The van der Waals surface area contributed by atoms with Gasteiger partial charge in [-0.2, -0.15) is 13.5 Å². The summed E-state index contributed by atoms with van der Waals surface area (Å²) in [6, 6.07) is 8.73. The lowest BCUT2D eigenvalue weighted by Crippen LogP contribution is -2.28. The van der Waals surface area contributed by atoms with Gasteiger partial charge < -0.3 is 0 Å². The van der Waals surface area contributed by atoms with Crippen molar-refractivity contribution >= 4 is 10.1 Å². The smallest absolute Gasteiger partial charge is 0.267 e. The van der Waals surface area contributed by atoms with Crippen LogP contribution in [0.2, 0.25) is 0 Å². The van der Waals surface area contributed by atoms with E-state index in [1.165, 1.54) is 30.3 Å². The van der Waals surface area contributed by atoms with Crippen LogP contribution in [0.1, 0.15) is 16.7 Å². The summed E-state index contributed by atoms with van der Waals surface area (Å²) < 4.78 is 68.7. The van der Waals surface area contributed by atoms with Gasteiger partial charge in [0.05, 0.1) is 25.1 Å². The molecule has 30 heavy (non-hydrogen) atoms. The molecule has 0 saturated carbocycles. The quantitative estimate of drug-likeness (QED) is 0.553. The van der Waals surface area contributed by atoms with E-state index >= 15 is 0 Å². The number of aromatic nitrogens is 2. The number of nitrogens with zero attached hydrogens (tertiary/aromatic N) is 2. The molecule has 0 amide bonds. The van der Waals surface area contributed by atoms with E-state index in [9.17, 15) is 26.4 Å². The van der Waals surface area contributed by atoms with Gasteiger partial charge in [-0.05, 0) is 54.4 Å². The molecule has 0 atom stereocenters. The summed E-state index contributed by atoms with van der Waals surface area (Å²) in [6.07, 6.45) is 0.845. The van der Waals surface area contributed by atoms with E-state index in [4.69, 9.17) is 4.18 Å². The topological polar surface area (TPSA) is 78.3 Å². The molecule has 0 bridgehead atoms. The van der Waals surface area contributed by atoms with Crippen LogP contribution < -0.4 is 5.56 Å². The molecule has 1 aromatic heterocycles. The predicted octanol–water partition coefficient (Wildman–Crippen LogP) is 3.16. The zero-order valence-corrected chi connectivity index (χ0v) is 16.8. The molecule has 0 aliphatic heterocycles. The lowest BCUT2D eigenvalue weighted by molar-refractivity contribution is 0.308. The highest BCUT2D eigenvalue weighted by molar-refractivity contribution is 7.85. The minimum Gasteiger partial charge on any atom is -0.267 e. The van der Waals surface area contributed by atoms with Crippen molar-refractivity contribution in [1.29, 1.82) is 0 Å². The lowest BCUT2D eigenvalue weighted by atomic mass is 10.1. The van der Waals surface area contributed by atoms with E-state index in [1.807, 2.05) is 0 Å². The number of hydrogen-bond donors (Lipinski definition) is 0. The van der Waals surface area contributed by atoms with Gasteiger partial charge >= 0.3 is 0 Å².